The summed E-state index contributed by atoms with van der Waals surface area (Å²) < 4.78 is 25.8. The molecular formula is C10H10BrF2NO. The number of carbonyl (C=O) groups is 1. The average Bonchev–Trinajstić information content (AvgIpc) is 2.17. The van der Waals surface area contributed by atoms with E-state index in [9.17, 15) is 13.6 Å². The molecule has 0 N–H and O–H groups in total. The van der Waals surface area contributed by atoms with Crippen molar-refractivity contribution in [3.05, 3.63) is 35.4 Å². The third-order valence-electron chi connectivity index (χ3n) is 1.93. The highest BCUT2D eigenvalue weighted by atomic mass is 79.9. The van der Waals surface area contributed by atoms with Crippen molar-refractivity contribution in [1.82, 2.24) is 4.90 Å². The van der Waals surface area contributed by atoms with Crippen molar-refractivity contribution in [2.24, 2.45) is 0 Å². The van der Waals surface area contributed by atoms with E-state index in [-0.39, 0.29) is 5.56 Å². The minimum absolute atomic E-state index is 0.111. The molecule has 0 bridgehead atoms. The number of alkyl halides is 1. The van der Waals surface area contributed by atoms with Crippen molar-refractivity contribution in [2.75, 3.05) is 18.9 Å². The van der Waals surface area contributed by atoms with E-state index in [4.69, 9.17) is 0 Å². The van der Waals surface area contributed by atoms with Gasteiger partial charge in [0, 0.05) is 25.0 Å². The Morgan fingerprint density at radius 1 is 1.47 bits per heavy atom. The minimum atomic E-state index is -0.832. The van der Waals surface area contributed by atoms with Crippen LogP contribution in [0.2, 0.25) is 0 Å². The van der Waals surface area contributed by atoms with Gasteiger partial charge in [-0.15, -0.1) is 0 Å². The van der Waals surface area contributed by atoms with Crippen LogP contribution in [0, 0.1) is 11.6 Å². The summed E-state index contributed by atoms with van der Waals surface area (Å²) in [6, 6.07) is 2.92. The Hall–Kier alpha value is -0.970. The Morgan fingerprint density at radius 3 is 2.67 bits per heavy atom. The quantitative estimate of drug-likeness (QED) is 0.778. The Kier molecular flexibility index (Phi) is 4.20. The van der Waals surface area contributed by atoms with Crippen LogP contribution in [-0.2, 0) is 0 Å². The topological polar surface area (TPSA) is 20.3 Å². The van der Waals surface area contributed by atoms with Crippen molar-refractivity contribution in [3.63, 3.8) is 0 Å². The molecule has 1 rings (SSSR count). The molecule has 2 nitrogen and oxygen atoms in total. The van der Waals surface area contributed by atoms with Gasteiger partial charge in [-0.25, -0.2) is 8.78 Å². The smallest absolute Gasteiger partial charge is 0.256 e. The lowest BCUT2D eigenvalue weighted by Crippen LogP contribution is -2.29. The van der Waals surface area contributed by atoms with Gasteiger partial charge in [0.1, 0.15) is 11.6 Å². The van der Waals surface area contributed by atoms with Crippen molar-refractivity contribution in [1.29, 1.82) is 0 Å². The zero-order chi connectivity index (χ0) is 11.4. The van der Waals surface area contributed by atoms with Gasteiger partial charge in [0.15, 0.2) is 0 Å². The van der Waals surface area contributed by atoms with Gasteiger partial charge in [0.2, 0.25) is 0 Å². The monoisotopic (exact) mass is 277 g/mol. The number of hydrogen-bond acceptors (Lipinski definition) is 1. The number of amides is 1. The predicted molar refractivity (Wildman–Crippen MR) is 57.1 cm³/mol. The fraction of sp³-hybridized carbons (Fsp3) is 0.300. The van der Waals surface area contributed by atoms with Crippen LogP contribution in [0.25, 0.3) is 0 Å². The molecular weight excluding hydrogens is 268 g/mol. The first-order valence-corrected chi connectivity index (χ1v) is 5.45. The largest absolute Gasteiger partial charge is 0.341 e. The number of benzene rings is 1. The fourth-order valence-electron chi connectivity index (χ4n) is 1.10. The first kappa shape index (κ1) is 12.1. The average molecular weight is 278 g/mol. The van der Waals surface area contributed by atoms with Crippen molar-refractivity contribution in [2.45, 2.75) is 0 Å². The molecule has 0 atom stereocenters. The number of nitrogens with zero attached hydrogens (tertiary/aromatic N) is 1. The lowest BCUT2D eigenvalue weighted by molar-refractivity contribution is 0.0799. The molecule has 0 aliphatic carbocycles. The molecule has 0 aliphatic rings. The summed E-state index contributed by atoms with van der Waals surface area (Å²) in [5.74, 6) is -1.97. The van der Waals surface area contributed by atoms with Crippen LogP contribution in [0.3, 0.4) is 0 Å². The van der Waals surface area contributed by atoms with Crippen molar-refractivity contribution in [3.8, 4) is 0 Å². The molecule has 1 amide bonds. The van der Waals surface area contributed by atoms with Gasteiger partial charge >= 0.3 is 0 Å². The van der Waals surface area contributed by atoms with Crippen LogP contribution in [0.1, 0.15) is 10.4 Å². The highest BCUT2D eigenvalue weighted by Crippen LogP contribution is 2.11. The summed E-state index contributed by atoms with van der Waals surface area (Å²) in [4.78, 5) is 13.0. The van der Waals surface area contributed by atoms with E-state index in [1.54, 1.807) is 7.05 Å². The Bertz CT molecular complexity index is 370. The Labute approximate surface area is 95.0 Å². The van der Waals surface area contributed by atoms with E-state index in [1.165, 1.54) is 4.90 Å². The second-order valence-corrected chi connectivity index (χ2v) is 3.83. The highest BCUT2D eigenvalue weighted by Gasteiger charge is 2.15. The maximum Gasteiger partial charge on any atom is 0.256 e. The molecule has 0 heterocycles. The Balaban J connectivity index is 2.91. The van der Waals surface area contributed by atoms with E-state index in [1.807, 2.05) is 0 Å². The molecule has 0 unspecified atom stereocenters. The molecule has 0 radical (unpaired) electrons. The summed E-state index contributed by atoms with van der Waals surface area (Å²) in [6.45, 7) is 0.468. The number of hydrogen-bond donors (Lipinski definition) is 0. The second kappa shape index (κ2) is 5.21. The molecule has 0 aromatic heterocycles. The molecule has 0 spiro atoms. The molecule has 0 saturated carbocycles. The normalized spacial score (nSPS) is 10.1. The first-order chi connectivity index (χ1) is 7.06. The van der Waals surface area contributed by atoms with Crippen LogP contribution in [0.15, 0.2) is 18.2 Å². The van der Waals surface area contributed by atoms with Crippen molar-refractivity contribution >= 4 is 21.8 Å². The van der Waals surface area contributed by atoms with Crippen LogP contribution in [-0.4, -0.2) is 29.7 Å². The summed E-state index contributed by atoms with van der Waals surface area (Å²) in [6.07, 6.45) is 0. The number of halogens is 3. The predicted octanol–water partition coefficient (Wildman–Crippen LogP) is 2.43. The molecule has 0 aliphatic heterocycles. The first-order valence-electron chi connectivity index (χ1n) is 4.32. The lowest BCUT2D eigenvalue weighted by atomic mass is 10.2. The molecule has 15 heavy (non-hydrogen) atoms. The zero-order valence-electron chi connectivity index (χ0n) is 8.14. The summed E-state index contributed by atoms with van der Waals surface area (Å²) >= 11 is 3.17. The molecule has 0 fully saturated rings. The molecule has 5 heteroatoms. The Morgan fingerprint density at radius 2 is 2.13 bits per heavy atom. The van der Waals surface area contributed by atoms with Gasteiger partial charge in [-0.1, -0.05) is 15.9 Å². The standard InChI is InChI=1S/C10H10BrF2NO/c1-14(5-4-11)10(15)8-3-2-7(12)6-9(8)13/h2-3,6H,4-5H2,1H3. The van der Waals surface area contributed by atoms with E-state index >= 15 is 0 Å². The van der Waals surface area contributed by atoms with Crippen LogP contribution < -0.4 is 0 Å². The molecule has 82 valence electrons. The third-order valence-corrected chi connectivity index (χ3v) is 2.28. The van der Waals surface area contributed by atoms with Crippen LogP contribution >= 0.6 is 15.9 Å². The lowest BCUT2D eigenvalue weighted by Gasteiger charge is -2.15. The molecule has 1 aromatic carbocycles. The minimum Gasteiger partial charge on any atom is -0.341 e. The zero-order valence-corrected chi connectivity index (χ0v) is 9.72. The van der Waals surface area contributed by atoms with Crippen molar-refractivity contribution < 1.29 is 13.6 Å². The maximum atomic E-state index is 13.2. The fourth-order valence-corrected chi connectivity index (χ4v) is 1.63. The highest BCUT2D eigenvalue weighted by molar-refractivity contribution is 9.09. The summed E-state index contributed by atoms with van der Waals surface area (Å²) in [5.41, 5.74) is -0.111. The van der Waals surface area contributed by atoms with Gasteiger partial charge in [0.05, 0.1) is 5.56 Å². The van der Waals surface area contributed by atoms with E-state index < -0.39 is 17.5 Å². The van der Waals surface area contributed by atoms with E-state index in [2.05, 4.69) is 15.9 Å². The van der Waals surface area contributed by atoms with Crippen LogP contribution in [0.4, 0.5) is 8.78 Å². The van der Waals surface area contributed by atoms with Crippen LogP contribution in [0.5, 0.6) is 0 Å². The van der Waals surface area contributed by atoms with Gasteiger partial charge < -0.3 is 4.90 Å². The van der Waals surface area contributed by atoms with Gasteiger partial charge in [-0.2, -0.15) is 0 Å². The number of carbonyl (C=O) groups excluding carboxylic acids is 1. The third kappa shape index (κ3) is 2.99. The van der Waals surface area contributed by atoms with E-state index in [0.29, 0.717) is 17.9 Å². The second-order valence-electron chi connectivity index (χ2n) is 3.04. The van der Waals surface area contributed by atoms with Gasteiger partial charge in [-0.05, 0) is 12.1 Å². The SMILES string of the molecule is CN(CCBr)C(=O)c1ccc(F)cc1F. The van der Waals surface area contributed by atoms with E-state index in [0.717, 1.165) is 12.1 Å². The van der Waals surface area contributed by atoms with Gasteiger partial charge in [-0.3, -0.25) is 4.79 Å². The number of rotatable bonds is 3. The summed E-state index contributed by atoms with van der Waals surface area (Å²) in [5, 5.41) is 0.609. The molecule has 0 saturated heterocycles. The molecule has 1 aromatic rings. The van der Waals surface area contributed by atoms with Gasteiger partial charge in [0.25, 0.3) is 5.91 Å². The summed E-state index contributed by atoms with van der Waals surface area (Å²) in [7, 11) is 1.56. The maximum absolute atomic E-state index is 13.2.